The number of amides is 1. The molecule has 1 aliphatic heterocycles. The molecule has 0 radical (unpaired) electrons. The minimum atomic E-state index is -4.92. The van der Waals surface area contributed by atoms with Gasteiger partial charge < -0.3 is 14.2 Å². The van der Waals surface area contributed by atoms with Crippen LogP contribution < -0.4 is 9.46 Å². The fourth-order valence-corrected chi connectivity index (χ4v) is 4.66. The Hall–Kier alpha value is -2.83. The lowest BCUT2D eigenvalue weighted by Crippen LogP contribution is -2.35. The number of aromatic nitrogens is 1. The number of morpholine rings is 1. The van der Waals surface area contributed by atoms with Crippen molar-refractivity contribution in [1.29, 1.82) is 0 Å². The predicted octanol–water partition coefficient (Wildman–Crippen LogP) is 4.00. The van der Waals surface area contributed by atoms with Gasteiger partial charge in [-0.05, 0) is 42.1 Å². The highest BCUT2D eigenvalue weighted by Gasteiger charge is 2.32. The minimum absolute atomic E-state index is 0.00658. The van der Waals surface area contributed by atoms with Gasteiger partial charge in [0, 0.05) is 31.4 Å². The van der Waals surface area contributed by atoms with Crippen LogP contribution in [0.3, 0.4) is 0 Å². The molecule has 0 aliphatic carbocycles. The lowest BCUT2D eigenvalue weighted by atomic mass is 10.1. The van der Waals surface area contributed by atoms with Gasteiger partial charge in [0.25, 0.3) is 0 Å². The Morgan fingerprint density at radius 3 is 2.63 bits per heavy atom. The maximum atomic E-state index is 13.3. The third-order valence-electron chi connectivity index (χ3n) is 5.13. The van der Waals surface area contributed by atoms with Crippen molar-refractivity contribution in [1.82, 2.24) is 14.6 Å². The molecule has 1 fully saturated rings. The average Bonchev–Trinajstić information content (AvgIpc) is 2.79. The number of halogens is 3. The van der Waals surface area contributed by atoms with Gasteiger partial charge in [-0.2, -0.15) is 0 Å². The minimum Gasteiger partial charge on any atom is -0.449 e. The van der Waals surface area contributed by atoms with E-state index in [9.17, 15) is 22.2 Å². The molecule has 1 saturated heterocycles. The third-order valence-corrected chi connectivity index (χ3v) is 6.69. The van der Waals surface area contributed by atoms with Crippen molar-refractivity contribution >= 4 is 21.7 Å². The topological polar surface area (TPSA) is 90.0 Å². The molecular weight excluding hydrogens is 487 g/mol. The van der Waals surface area contributed by atoms with E-state index in [0.717, 1.165) is 37.2 Å². The molecule has 0 saturated carbocycles. The monoisotopic (exact) mass is 515 g/mol. The van der Waals surface area contributed by atoms with Crippen LogP contribution in [0.5, 0.6) is 5.75 Å². The normalized spacial score (nSPS) is 16.3. The lowest BCUT2D eigenvalue weighted by molar-refractivity contribution is -0.274. The molecular formula is C23H28F3N3O5S. The Labute approximate surface area is 202 Å². The molecule has 192 valence electrons. The van der Waals surface area contributed by atoms with Crippen molar-refractivity contribution in [2.75, 3.05) is 32.9 Å². The second-order valence-corrected chi connectivity index (χ2v) is 9.91. The Balaban J connectivity index is 1.89. The molecule has 2 heterocycles. The quantitative estimate of drug-likeness (QED) is 0.399. The zero-order chi connectivity index (χ0) is 25.5. The molecule has 1 aliphatic rings. The molecule has 1 amide bonds. The van der Waals surface area contributed by atoms with Crippen molar-refractivity contribution in [3.05, 3.63) is 42.1 Å². The molecule has 8 nitrogen and oxygen atoms in total. The van der Waals surface area contributed by atoms with Gasteiger partial charge in [-0.1, -0.05) is 19.4 Å². The van der Waals surface area contributed by atoms with Crippen molar-refractivity contribution in [3.8, 4) is 17.0 Å². The highest BCUT2D eigenvalue weighted by molar-refractivity contribution is 7.99. The van der Waals surface area contributed by atoms with E-state index in [1.165, 1.54) is 6.07 Å². The highest BCUT2D eigenvalue weighted by Crippen LogP contribution is 2.32. The number of rotatable bonds is 9. The van der Waals surface area contributed by atoms with E-state index in [2.05, 4.69) is 25.2 Å². The first-order valence-corrected chi connectivity index (χ1v) is 12.8. The van der Waals surface area contributed by atoms with E-state index in [0.29, 0.717) is 26.2 Å². The molecule has 1 aromatic heterocycles. The smallest absolute Gasteiger partial charge is 0.449 e. The summed E-state index contributed by atoms with van der Waals surface area (Å²) >= 11 is 0. The summed E-state index contributed by atoms with van der Waals surface area (Å²) in [5.74, 6) is 3.08. The van der Waals surface area contributed by atoms with Crippen molar-refractivity contribution < 1.29 is 36.4 Å². The van der Waals surface area contributed by atoms with Crippen LogP contribution >= 0.6 is 0 Å². The van der Waals surface area contributed by atoms with Gasteiger partial charge in [0.15, 0.2) is 0 Å². The van der Waals surface area contributed by atoms with Crippen LogP contribution in [0.15, 0.2) is 41.4 Å². The molecule has 0 spiro atoms. The van der Waals surface area contributed by atoms with Gasteiger partial charge in [-0.25, -0.2) is 13.7 Å². The number of benzene rings is 1. The van der Waals surface area contributed by atoms with Crippen molar-refractivity contribution in [2.24, 2.45) is 0 Å². The van der Waals surface area contributed by atoms with E-state index in [1.54, 1.807) is 18.3 Å². The van der Waals surface area contributed by atoms with Crippen molar-refractivity contribution in [2.45, 2.75) is 37.6 Å². The van der Waals surface area contributed by atoms with Gasteiger partial charge in [0.2, 0.25) is 0 Å². The van der Waals surface area contributed by atoms with E-state index in [-0.39, 0.29) is 22.8 Å². The Morgan fingerprint density at radius 2 is 2.00 bits per heavy atom. The molecule has 2 aromatic rings. The number of hydrogen-bond donors (Lipinski definition) is 1. The first-order chi connectivity index (χ1) is 16.6. The van der Waals surface area contributed by atoms with E-state index in [1.807, 2.05) is 6.92 Å². The molecule has 1 aromatic carbocycles. The summed E-state index contributed by atoms with van der Waals surface area (Å²) in [6.07, 6.45) is -2.83. The van der Waals surface area contributed by atoms with E-state index in [4.69, 9.17) is 9.47 Å². The molecule has 3 rings (SSSR count). The number of pyridine rings is 1. The summed E-state index contributed by atoms with van der Waals surface area (Å²) in [6.45, 7) is 5.55. The SMILES string of the molecule is C=S(=O)(NC(=O)OCCCC)c1ccc(OC(F)(F)F)cc1-c1ccc(CN2CCOCC2)cn1. The number of alkyl halides is 3. The Kier molecular flexibility index (Phi) is 8.98. The van der Waals surface area contributed by atoms with Gasteiger partial charge >= 0.3 is 12.5 Å². The van der Waals surface area contributed by atoms with E-state index >= 15 is 0 Å². The van der Waals surface area contributed by atoms with Gasteiger partial charge in [0.05, 0.1) is 40.1 Å². The third kappa shape index (κ3) is 8.11. The second-order valence-electron chi connectivity index (χ2n) is 7.91. The number of carbonyl (C=O) groups excluding carboxylic acids is 1. The Bertz CT molecular complexity index is 1100. The van der Waals surface area contributed by atoms with Gasteiger partial charge in [-0.3, -0.25) is 9.88 Å². The summed E-state index contributed by atoms with van der Waals surface area (Å²) in [7, 11) is -3.49. The average molecular weight is 516 g/mol. The standard InChI is InChI=1S/C23H28F3N3O5S/c1-3-4-11-33-22(30)28-35(2,31)21-8-6-18(34-23(24,25)26)14-19(21)20-7-5-17(15-27-20)16-29-9-12-32-13-10-29/h5-8,14-15H,2-4,9-13,16H2,1H3,(H,28,30,31). The maximum absolute atomic E-state index is 13.3. The zero-order valence-corrected chi connectivity index (χ0v) is 20.1. The summed E-state index contributed by atoms with van der Waals surface area (Å²) in [6, 6.07) is 6.65. The summed E-state index contributed by atoms with van der Waals surface area (Å²) in [5, 5.41) is 0. The van der Waals surface area contributed by atoms with Crippen LogP contribution in [0.25, 0.3) is 11.3 Å². The number of hydrogen-bond acceptors (Lipinski definition) is 7. The van der Waals surface area contributed by atoms with Crippen LogP contribution in [-0.4, -0.2) is 65.3 Å². The van der Waals surface area contributed by atoms with Gasteiger partial charge in [-0.15, -0.1) is 13.2 Å². The van der Waals surface area contributed by atoms with Crippen molar-refractivity contribution in [3.63, 3.8) is 0 Å². The van der Waals surface area contributed by atoms with E-state index < -0.39 is 27.9 Å². The number of carbonyl (C=O) groups is 1. The van der Waals surface area contributed by atoms with Crippen LogP contribution in [-0.2, 0) is 25.7 Å². The molecule has 35 heavy (non-hydrogen) atoms. The number of nitrogens with one attached hydrogen (secondary N) is 1. The molecule has 0 bridgehead atoms. The maximum Gasteiger partial charge on any atom is 0.573 e. The number of nitrogens with zero attached hydrogens (tertiary/aromatic N) is 2. The fourth-order valence-electron chi connectivity index (χ4n) is 3.42. The second kappa shape index (κ2) is 11.7. The van der Waals surface area contributed by atoms with Crippen LogP contribution in [0.1, 0.15) is 25.3 Å². The molecule has 1 unspecified atom stereocenters. The largest absolute Gasteiger partial charge is 0.573 e. The molecule has 1 atom stereocenters. The summed E-state index contributed by atoms with van der Waals surface area (Å²) in [4.78, 5) is 18.7. The fraction of sp³-hybridized carbons (Fsp3) is 0.435. The zero-order valence-electron chi connectivity index (χ0n) is 19.3. The van der Waals surface area contributed by atoms with Gasteiger partial charge in [0.1, 0.15) is 5.75 Å². The first kappa shape index (κ1) is 26.8. The summed E-state index contributed by atoms with van der Waals surface area (Å²) in [5.41, 5.74) is 1.22. The number of unbranched alkanes of at least 4 members (excludes halogenated alkanes) is 1. The molecule has 1 N–H and O–H groups in total. The first-order valence-electron chi connectivity index (χ1n) is 11.0. The predicted molar refractivity (Wildman–Crippen MR) is 125 cm³/mol. The Morgan fingerprint density at radius 1 is 1.26 bits per heavy atom. The molecule has 12 heteroatoms. The highest BCUT2D eigenvalue weighted by atomic mass is 32.2. The lowest BCUT2D eigenvalue weighted by Gasteiger charge is -2.26. The van der Waals surface area contributed by atoms with Crippen LogP contribution in [0, 0.1) is 0 Å². The van der Waals surface area contributed by atoms with Crippen LogP contribution in [0.4, 0.5) is 18.0 Å². The summed E-state index contributed by atoms with van der Waals surface area (Å²) < 4.78 is 68.3. The number of ether oxygens (including phenoxy) is 3. The van der Waals surface area contributed by atoms with Crippen LogP contribution in [0.2, 0.25) is 0 Å².